The zero-order chi connectivity index (χ0) is 14.5. The molecule has 4 nitrogen and oxygen atoms in total. The van der Waals surface area contributed by atoms with Crippen molar-refractivity contribution < 1.29 is 0 Å². The average molecular weight is 421 g/mol. The van der Waals surface area contributed by atoms with Crippen molar-refractivity contribution in [1.29, 1.82) is 0 Å². The molecule has 0 spiro atoms. The van der Waals surface area contributed by atoms with Gasteiger partial charge in [0, 0.05) is 12.7 Å². The van der Waals surface area contributed by atoms with Crippen LogP contribution in [0.3, 0.4) is 0 Å². The molecule has 0 aliphatic heterocycles. The van der Waals surface area contributed by atoms with Crippen LogP contribution in [-0.4, -0.2) is 16.5 Å². The number of aromatic nitrogens is 2. The molecule has 0 radical (unpaired) electrons. The first-order chi connectivity index (χ1) is 9.61. The van der Waals surface area contributed by atoms with Crippen molar-refractivity contribution >= 4 is 60.9 Å². The molecule has 0 fully saturated rings. The van der Waals surface area contributed by atoms with E-state index >= 15 is 0 Å². The Balaban J connectivity index is 2.26. The quantitative estimate of drug-likeness (QED) is 0.696. The molecule has 1 heterocycles. The van der Waals surface area contributed by atoms with Crippen LogP contribution in [0.1, 0.15) is 13.3 Å². The monoisotopic (exact) mass is 418 g/mol. The predicted octanol–water partition coefficient (Wildman–Crippen LogP) is 5.22. The number of hydrogen-bond donors (Lipinski definition) is 2. The lowest BCUT2D eigenvalue weighted by Crippen LogP contribution is -2.06. The predicted molar refractivity (Wildman–Crippen MR) is 90.9 cm³/mol. The minimum Gasteiger partial charge on any atom is -0.354 e. The number of halogens is 3. The van der Waals surface area contributed by atoms with Crippen LogP contribution in [0.4, 0.5) is 17.5 Å². The maximum absolute atomic E-state index is 6.08. The van der Waals surface area contributed by atoms with Crippen molar-refractivity contribution in [2.24, 2.45) is 0 Å². The van der Waals surface area contributed by atoms with Gasteiger partial charge < -0.3 is 10.6 Å². The Kier molecular flexibility index (Phi) is 5.63. The van der Waals surface area contributed by atoms with E-state index in [0.717, 1.165) is 27.6 Å². The topological polar surface area (TPSA) is 49.8 Å². The molecule has 2 N–H and O–H groups in total. The van der Waals surface area contributed by atoms with Gasteiger partial charge in [0.2, 0.25) is 5.95 Å². The van der Waals surface area contributed by atoms with Crippen LogP contribution in [0.15, 0.2) is 33.3 Å². The molecule has 106 valence electrons. The number of anilines is 3. The fourth-order valence-corrected chi connectivity index (χ4v) is 2.33. The van der Waals surface area contributed by atoms with Crippen LogP contribution >= 0.6 is 43.5 Å². The van der Waals surface area contributed by atoms with Gasteiger partial charge >= 0.3 is 0 Å². The largest absolute Gasteiger partial charge is 0.354 e. The van der Waals surface area contributed by atoms with Gasteiger partial charge in [0.15, 0.2) is 0 Å². The molecular formula is C13H13Br2ClN4. The lowest BCUT2D eigenvalue weighted by atomic mass is 10.3. The Morgan fingerprint density at radius 2 is 2.10 bits per heavy atom. The zero-order valence-electron chi connectivity index (χ0n) is 10.8. The van der Waals surface area contributed by atoms with Crippen LogP contribution in [0.25, 0.3) is 0 Å². The molecule has 7 heteroatoms. The SMILES string of the molecule is CCCNc1ncc(Br)c(Nc2cccc(Cl)c2Br)n1. The van der Waals surface area contributed by atoms with Gasteiger partial charge in [0.1, 0.15) is 5.82 Å². The second-order valence-electron chi connectivity index (χ2n) is 4.04. The molecule has 2 aromatic rings. The summed E-state index contributed by atoms with van der Waals surface area (Å²) < 4.78 is 1.58. The maximum atomic E-state index is 6.08. The standard InChI is InChI=1S/C13H13Br2ClN4/c1-2-6-17-13-18-7-8(14)12(20-13)19-10-5-3-4-9(16)11(10)15/h3-5,7H,2,6H2,1H3,(H2,17,18,19,20). The Morgan fingerprint density at radius 3 is 2.85 bits per heavy atom. The van der Waals surface area contributed by atoms with Crippen molar-refractivity contribution in [1.82, 2.24) is 9.97 Å². The van der Waals surface area contributed by atoms with Gasteiger partial charge in [0.25, 0.3) is 0 Å². The van der Waals surface area contributed by atoms with Gasteiger partial charge in [-0.1, -0.05) is 24.6 Å². The first kappa shape index (κ1) is 15.5. The van der Waals surface area contributed by atoms with E-state index in [4.69, 9.17) is 11.6 Å². The lowest BCUT2D eigenvalue weighted by molar-refractivity contribution is 0.952. The van der Waals surface area contributed by atoms with Crippen LogP contribution in [0, 0.1) is 0 Å². The Bertz CT molecular complexity index is 607. The highest BCUT2D eigenvalue weighted by Crippen LogP contribution is 2.33. The summed E-state index contributed by atoms with van der Waals surface area (Å²) in [6.07, 6.45) is 2.73. The van der Waals surface area contributed by atoms with Gasteiger partial charge in [0.05, 0.1) is 19.7 Å². The van der Waals surface area contributed by atoms with E-state index in [1.807, 2.05) is 18.2 Å². The third-order valence-corrected chi connectivity index (χ3v) is 4.46. The number of hydrogen-bond acceptors (Lipinski definition) is 4. The average Bonchev–Trinajstić information content (AvgIpc) is 2.44. The first-order valence-electron chi connectivity index (χ1n) is 6.09. The second-order valence-corrected chi connectivity index (χ2v) is 6.10. The Hall–Kier alpha value is -0.850. The molecule has 1 aromatic heterocycles. The molecular weight excluding hydrogens is 407 g/mol. The Labute approximate surface area is 139 Å². The van der Waals surface area contributed by atoms with E-state index in [0.29, 0.717) is 16.8 Å². The summed E-state index contributed by atoms with van der Waals surface area (Å²) in [5.74, 6) is 1.28. The molecule has 0 aliphatic rings. The third-order valence-electron chi connectivity index (χ3n) is 2.48. The van der Waals surface area contributed by atoms with Crippen LogP contribution in [-0.2, 0) is 0 Å². The minimum atomic E-state index is 0.593. The highest BCUT2D eigenvalue weighted by Gasteiger charge is 2.09. The molecule has 0 aliphatic carbocycles. The third kappa shape index (κ3) is 3.84. The van der Waals surface area contributed by atoms with Gasteiger partial charge in [-0.05, 0) is 50.4 Å². The van der Waals surface area contributed by atoms with Gasteiger partial charge in [-0.15, -0.1) is 0 Å². The van der Waals surface area contributed by atoms with Gasteiger partial charge in [-0.2, -0.15) is 4.98 Å². The molecule has 0 atom stereocenters. The summed E-state index contributed by atoms with van der Waals surface area (Å²) in [7, 11) is 0. The summed E-state index contributed by atoms with van der Waals surface area (Å²) in [5.41, 5.74) is 0.846. The van der Waals surface area contributed by atoms with Gasteiger partial charge in [-0.25, -0.2) is 4.98 Å². The zero-order valence-corrected chi connectivity index (χ0v) is 14.7. The fourth-order valence-electron chi connectivity index (χ4n) is 1.50. The maximum Gasteiger partial charge on any atom is 0.224 e. The summed E-state index contributed by atoms with van der Waals surface area (Å²) in [6.45, 7) is 2.93. The van der Waals surface area contributed by atoms with Crippen LogP contribution in [0.5, 0.6) is 0 Å². The van der Waals surface area contributed by atoms with Crippen LogP contribution in [0.2, 0.25) is 5.02 Å². The lowest BCUT2D eigenvalue weighted by Gasteiger charge is -2.11. The van der Waals surface area contributed by atoms with Crippen molar-refractivity contribution in [3.05, 3.63) is 38.4 Å². The molecule has 1 aromatic carbocycles. The van der Waals surface area contributed by atoms with Crippen molar-refractivity contribution in [3.63, 3.8) is 0 Å². The van der Waals surface area contributed by atoms with E-state index in [9.17, 15) is 0 Å². The van der Waals surface area contributed by atoms with Crippen LogP contribution < -0.4 is 10.6 Å². The first-order valence-corrected chi connectivity index (χ1v) is 8.05. The summed E-state index contributed by atoms with van der Waals surface area (Å²) >= 11 is 13.0. The van der Waals surface area contributed by atoms with Crippen molar-refractivity contribution in [2.75, 3.05) is 17.2 Å². The molecule has 0 unspecified atom stereocenters. The molecule has 0 saturated carbocycles. The number of benzene rings is 1. The molecule has 2 rings (SSSR count). The minimum absolute atomic E-state index is 0.593. The highest BCUT2D eigenvalue weighted by atomic mass is 79.9. The van der Waals surface area contributed by atoms with E-state index in [1.54, 1.807) is 6.20 Å². The number of nitrogens with zero attached hydrogens (tertiary/aromatic N) is 2. The fraction of sp³-hybridized carbons (Fsp3) is 0.231. The van der Waals surface area contributed by atoms with Crippen molar-refractivity contribution in [2.45, 2.75) is 13.3 Å². The second kappa shape index (κ2) is 7.24. The molecule has 0 bridgehead atoms. The summed E-state index contributed by atoms with van der Waals surface area (Å²) in [6, 6.07) is 5.62. The summed E-state index contributed by atoms with van der Waals surface area (Å²) in [5, 5.41) is 7.02. The van der Waals surface area contributed by atoms with E-state index < -0.39 is 0 Å². The van der Waals surface area contributed by atoms with Gasteiger partial charge in [-0.3, -0.25) is 0 Å². The normalized spacial score (nSPS) is 10.4. The smallest absolute Gasteiger partial charge is 0.224 e. The van der Waals surface area contributed by atoms with E-state index in [2.05, 4.69) is 59.4 Å². The molecule has 0 saturated heterocycles. The summed E-state index contributed by atoms with van der Waals surface area (Å²) in [4.78, 5) is 8.64. The Morgan fingerprint density at radius 1 is 1.30 bits per heavy atom. The molecule has 20 heavy (non-hydrogen) atoms. The number of rotatable bonds is 5. The number of nitrogens with one attached hydrogen (secondary N) is 2. The molecule has 0 amide bonds. The van der Waals surface area contributed by atoms with Crippen molar-refractivity contribution in [3.8, 4) is 0 Å². The highest BCUT2D eigenvalue weighted by molar-refractivity contribution is 9.11. The van der Waals surface area contributed by atoms with E-state index in [-0.39, 0.29) is 0 Å². The van der Waals surface area contributed by atoms with E-state index in [1.165, 1.54) is 0 Å².